The molecule has 1 unspecified atom stereocenters. The Labute approximate surface area is 122 Å². The van der Waals surface area contributed by atoms with Gasteiger partial charge in [-0.3, -0.25) is 4.79 Å². The van der Waals surface area contributed by atoms with Crippen LogP contribution in [0.3, 0.4) is 0 Å². The minimum atomic E-state index is -0.580. The molecule has 108 valence electrons. The number of amides is 1. The Kier molecular flexibility index (Phi) is 7.73. The number of aliphatic hydroxyl groups is 1. The van der Waals surface area contributed by atoms with Gasteiger partial charge in [0.05, 0.1) is 30.1 Å². The average Bonchev–Trinajstić information content (AvgIpc) is 2.45. The molecule has 0 radical (unpaired) electrons. The number of rotatable bonds is 8. The van der Waals surface area contributed by atoms with Crippen LogP contribution < -0.4 is 5.32 Å². The number of nitrogens with one attached hydrogen (secondary N) is 1. The van der Waals surface area contributed by atoms with E-state index in [4.69, 9.17) is 10.00 Å². The van der Waals surface area contributed by atoms with Crippen LogP contribution in [0.15, 0.2) is 29.2 Å². The first-order valence-electron chi connectivity index (χ1n) is 6.23. The first kappa shape index (κ1) is 16.5. The molecule has 0 bridgehead atoms. The van der Waals surface area contributed by atoms with E-state index < -0.39 is 6.10 Å². The zero-order valence-electron chi connectivity index (χ0n) is 11.3. The largest absolute Gasteiger partial charge is 0.391 e. The molecule has 1 aromatic carbocycles. The van der Waals surface area contributed by atoms with E-state index >= 15 is 0 Å². The van der Waals surface area contributed by atoms with Crippen molar-refractivity contribution in [3.63, 3.8) is 0 Å². The number of ether oxygens (including phenoxy) is 1. The first-order valence-corrected chi connectivity index (χ1v) is 7.21. The SMILES string of the molecule is COCC(O)CCNC(=O)c1ccccc1SCC#N. The molecule has 1 amide bonds. The van der Waals surface area contributed by atoms with E-state index in [-0.39, 0.29) is 12.5 Å². The Hall–Kier alpha value is -1.55. The third-order valence-electron chi connectivity index (χ3n) is 2.55. The van der Waals surface area contributed by atoms with E-state index in [0.717, 1.165) is 4.90 Å². The fraction of sp³-hybridized carbons (Fsp3) is 0.429. The minimum absolute atomic E-state index is 0.198. The van der Waals surface area contributed by atoms with Gasteiger partial charge in [-0.15, -0.1) is 11.8 Å². The molecule has 0 aliphatic carbocycles. The number of carbonyl (C=O) groups excluding carboxylic acids is 1. The summed E-state index contributed by atoms with van der Waals surface area (Å²) in [6, 6.07) is 9.19. The van der Waals surface area contributed by atoms with E-state index in [1.165, 1.54) is 18.9 Å². The van der Waals surface area contributed by atoms with Gasteiger partial charge in [0.15, 0.2) is 0 Å². The maximum Gasteiger partial charge on any atom is 0.252 e. The van der Waals surface area contributed by atoms with Crippen molar-refractivity contribution in [1.29, 1.82) is 5.26 Å². The third-order valence-corrected chi connectivity index (χ3v) is 3.49. The van der Waals surface area contributed by atoms with Crippen molar-refractivity contribution in [2.45, 2.75) is 17.4 Å². The van der Waals surface area contributed by atoms with Crippen LogP contribution in [0.25, 0.3) is 0 Å². The molecule has 0 saturated heterocycles. The molecule has 1 aromatic rings. The second-order valence-corrected chi connectivity index (χ2v) is 5.11. The number of hydrogen-bond acceptors (Lipinski definition) is 5. The molecular formula is C14H18N2O3S. The predicted octanol–water partition coefficient (Wildman–Crippen LogP) is 1.43. The summed E-state index contributed by atoms with van der Waals surface area (Å²) in [6.45, 7) is 0.630. The van der Waals surface area contributed by atoms with Gasteiger partial charge in [0, 0.05) is 18.6 Å². The summed E-state index contributed by atoms with van der Waals surface area (Å²) in [5.74, 6) is 0.104. The van der Waals surface area contributed by atoms with Crippen LogP contribution in [0.2, 0.25) is 0 Å². The number of nitriles is 1. The van der Waals surface area contributed by atoms with Gasteiger partial charge in [0.1, 0.15) is 0 Å². The molecule has 0 aliphatic rings. The van der Waals surface area contributed by atoms with Crippen LogP contribution in [0, 0.1) is 11.3 Å². The van der Waals surface area contributed by atoms with Crippen LogP contribution in [0.1, 0.15) is 16.8 Å². The molecular weight excluding hydrogens is 276 g/mol. The Morgan fingerprint density at radius 1 is 1.55 bits per heavy atom. The van der Waals surface area contributed by atoms with E-state index in [9.17, 15) is 9.90 Å². The molecule has 1 atom stereocenters. The van der Waals surface area contributed by atoms with Gasteiger partial charge < -0.3 is 15.2 Å². The lowest BCUT2D eigenvalue weighted by molar-refractivity contribution is 0.0587. The van der Waals surface area contributed by atoms with Crippen molar-refractivity contribution < 1.29 is 14.6 Å². The van der Waals surface area contributed by atoms with Gasteiger partial charge in [0.2, 0.25) is 0 Å². The Balaban J connectivity index is 2.53. The quantitative estimate of drug-likeness (QED) is 0.709. The predicted molar refractivity (Wildman–Crippen MR) is 77.6 cm³/mol. The van der Waals surface area contributed by atoms with Gasteiger partial charge in [-0.2, -0.15) is 5.26 Å². The fourth-order valence-electron chi connectivity index (χ4n) is 1.61. The molecule has 20 heavy (non-hydrogen) atoms. The first-order chi connectivity index (χ1) is 9.69. The highest BCUT2D eigenvalue weighted by molar-refractivity contribution is 7.99. The van der Waals surface area contributed by atoms with Crippen molar-refractivity contribution in [2.24, 2.45) is 0 Å². The summed E-state index contributed by atoms with van der Waals surface area (Å²) in [7, 11) is 1.52. The number of methoxy groups -OCH3 is 1. The lowest BCUT2D eigenvalue weighted by atomic mass is 10.2. The number of carbonyl (C=O) groups is 1. The van der Waals surface area contributed by atoms with Gasteiger partial charge in [-0.1, -0.05) is 12.1 Å². The normalized spacial score (nSPS) is 11.7. The van der Waals surface area contributed by atoms with Crippen LogP contribution in [0.4, 0.5) is 0 Å². The minimum Gasteiger partial charge on any atom is -0.391 e. The summed E-state index contributed by atoms with van der Waals surface area (Å²) < 4.78 is 4.81. The Bertz CT molecular complexity index is 474. The smallest absolute Gasteiger partial charge is 0.252 e. The number of hydrogen-bond donors (Lipinski definition) is 2. The van der Waals surface area contributed by atoms with Crippen molar-refractivity contribution in [1.82, 2.24) is 5.32 Å². The zero-order chi connectivity index (χ0) is 14.8. The van der Waals surface area contributed by atoms with Crippen LogP contribution in [0.5, 0.6) is 0 Å². The molecule has 0 spiro atoms. The summed E-state index contributed by atoms with van der Waals surface area (Å²) in [5.41, 5.74) is 0.550. The van der Waals surface area contributed by atoms with Crippen molar-refractivity contribution in [3.8, 4) is 6.07 Å². The molecule has 2 N–H and O–H groups in total. The zero-order valence-corrected chi connectivity index (χ0v) is 12.2. The number of benzene rings is 1. The number of aliphatic hydroxyl groups excluding tert-OH is 1. The second kappa shape index (κ2) is 9.37. The van der Waals surface area contributed by atoms with E-state index in [1.807, 2.05) is 18.2 Å². The molecule has 0 saturated carbocycles. The number of thioether (sulfide) groups is 1. The summed E-state index contributed by atoms with van der Waals surface area (Å²) in [5, 5.41) is 20.8. The molecule has 0 heterocycles. The molecule has 1 rings (SSSR count). The summed E-state index contributed by atoms with van der Waals surface area (Å²) in [6.07, 6.45) is -0.143. The molecule has 0 fully saturated rings. The maximum atomic E-state index is 12.0. The second-order valence-electron chi connectivity index (χ2n) is 4.10. The Morgan fingerprint density at radius 3 is 3.00 bits per heavy atom. The Morgan fingerprint density at radius 2 is 2.30 bits per heavy atom. The highest BCUT2D eigenvalue weighted by atomic mass is 32.2. The average molecular weight is 294 g/mol. The lowest BCUT2D eigenvalue weighted by Crippen LogP contribution is -2.28. The van der Waals surface area contributed by atoms with Crippen LogP contribution in [-0.4, -0.2) is 43.1 Å². The molecule has 6 heteroatoms. The molecule has 0 aromatic heterocycles. The van der Waals surface area contributed by atoms with Gasteiger partial charge in [-0.25, -0.2) is 0 Å². The topological polar surface area (TPSA) is 82.3 Å². The van der Waals surface area contributed by atoms with Gasteiger partial charge in [0.25, 0.3) is 5.91 Å². The van der Waals surface area contributed by atoms with Crippen molar-refractivity contribution in [3.05, 3.63) is 29.8 Å². The molecule has 0 aliphatic heterocycles. The monoisotopic (exact) mass is 294 g/mol. The summed E-state index contributed by atoms with van der Waals surface area (Å²) >= 11 is 1.33. The van der Waals surface area contributed by atoms with Gasteiger partial charge in [-0.05, 0) is 18.6 Å². The molecule has 5 nitrogen and oxygen atoms in total. The van der Waals surface area contributed by atoms with Gasteiger partial charge >= 0.3 is 0 Å². The highest BCUT2D eigenvalue weighted by Crippen LogP contribution is 2.22. The van der Waals surface area contributed by atoms with E-state index in [1.54, 1.807) is 12.1 Å². The number of nitrogens with zero attached hydrogens (tertiary/aromatic N) is 1. The van der Waals surface area contributed by atoms with Crippen molar-refractivity contribution in [2.75, 3.05) is 26.0 Å². The van der Waals surface area contributed by atoms with Crippen molar-refractivity contribution >= 4 is 17.7 Å². The lowest BCUT2D eigenvalue weighted by Gasteiger charge is -2.11. The standard InChI is InChI=1S/C14H18N2O3S/c1-19-10-11(17)6-8-16-14(18)12-4-2-3-5-13(12)20-9-7-15/h2-5,11,17H,6,8-10H2,1H3,(H,16,18). The van der Waals surface area contributed by atoms with E-state index in [2.05, 4.69) is 5.32 Å². The highest BCUT2D eigenvalue weighted by Gasteiger charge is 2.11. The fourth-order valence-corrected chi connectivity index (χ4v) is 2.32. The third kappa shape index (κ3) is 5.61. The van der Waals surface area contributed by atoms with Crippen LogP contribution in [-0.2, 0) is 4.74 Å². The van der Waals surface area contributed by atoms with E-state index in [0.29, 0.717) is 24.3 Å². The van der Waals surface area contributed by atoms with Crippen LogP contribution >= 0.6 is 11.8 Å². The summed E-state index contributed by atoms with van der Waals surface area (Å²) in [4.78, 5) is 12.8. The maximum absolute atomic E-state index is 12.0.